The van der Waals surface area contributed by atoms with Gasteiger partial charge in [-0.25, -0.2) is 4.39 Å². The number of aryl methyl sites for hydroxylation is 1. The van der Waals surface area contributed by atoms with Crippen LogP contribution in [0.15, 0.2) is 78.9 Å². The van der Waals surface area contributed by atoms with Crippen LogP contribution in [0.5, 0.6) is 5.75 Å². The molecule has 55 heavy (non-hydrogen) atoms. The molecule has 2 N–H and O–H groups in total. The smallest absolute Gasteiger partial charge is 0.262 e. The van der Waals surface area contributed by atoms with E-state index < -0.39 is 29.7 Å². The molecule has 4 heterocycles. The van der Waals surface area contributed by atoms with Gasteiger partial charge >= 0.3 is 0 Å². The number of piperazine rings is 1. The van der Waals surface area contributed by atoms with Crippen molar-refractivity contribution in [2.45, 2.75) is 56.7 Å². The number of hydrogen-bond acceptors (Lipinski definition) is 8. The number of phenols is 1. The molecular weight excluding hydrogens is 702 g/mol. The number of aromatic hydroxyl groups is 1. The summed E-state index contributed by atoms with van der Waals surface area (Å²) in [5, 5.41) is 12.4. The normalized spacial score (nSPS) is 22.4. The Morgan fingerprint density at radius 1 is 0.745 bits per heavy atom. The van der Waals surface area contributed by atoms with Gasteiger partial charge in [0.25, 0.3) is 11.8 Å². The van der Waals surface area contributed by atoms with Gasteiger partial charge < -0.3 is 14.9 Å². The first kappa shape index (κ1) is 34.9. The van der Waals surface area contributed by atoms with Crippen molar-refractivity contribution in [1.29, 1.82) is 0 Å². The first-order chi connectivity index (χ1) is 26.6. The number of rotatable bonds is 6. The van der Waals surface area contributed by atoms with E-state index in [0.29, 0.717) is 39.3 Å². The summed E-state index contributed by atoms with van der Waals surface area (Å²) < 4.78 is 13.8. The van der Waals surface area contributed by atoms with Crippen LogP contribution in [0.1, 0.15) is 85.2 Å². The van der Waals surface area contributed by atoms with E-state index in [0.717, 1.165) is 51.2 Å². The highest BCUT2D eigenvalue weighted by Crippen LogP contribution is 2.47. The first-order valence-electron chi connectivity index (χ1n) is 18.9. The molecule has 4 aliphatic heterocycles. The standard InChI is InChI=1S/C43H40FN5O6/c44-30-6-1-25(2-7-30)33-11-5-27-19-32(50)10-12-34(27)40(33)26-3-8-31(9-4-26)47-15-17-48(18-16-47)39(52)24-46-22-28-20-35-36(21-29(28)23-46)43(55)49(42(35)54)37-13-14-38(51)45-41(37)53/h1-4,6-10,12,19-21,33,37,40,50H,5,11,13-18,22-24H2,(H,45,51,53)/t33-,37?,40+/m1/s1. The van der Waals surface area contributed by atoms with Crippen LogP contribution in [-0.2, 0) is 33.9 Å². The molecule has 280 valence electrons. The van der Waals surface area contributed by atoms with E-state index in [9.17, 15) is 33.5 Å². The van der Waals surface area contributed by atoms with Gasteiger partial charge in [0.1, 0.15) is 17.6 Å². The minimum atomic E-state index is -1.01. The number of fused-ring (bicyclic) bond motifs is 3. The van der Waals surface area contributed by atoms with Crippen LogP contribution in [-0.4, -0.2) is 88.1 Å². The van der Waals surface area contributed by atoms with Gasteiger partial charge in [-0.05, 0) is 107 Å². The van der Waals surface area contributed by atoms with Gasteiger partial charge in [0.2, 0.25) is 17.7 Å². The van der Waals surface area contributed by atoms with Crippen molar-refractivity contribution in [2.24, 2.45) is 0 Å². The van der Waals surface area contributed by atoms with Gasteiger partial charge in [-0.1, -0.05) is 30.3 Å². The predicted molar refractivity (Wildman–Crippen MR) is 200 cm³/mol. The molecule has 0 bridgehead atoms. The lowest BCUT2D eigenvalue weighted by Gasteiger charge is -2.37. The number of phenolic OH excluding ortho intramolecular Hbond substituents is 1. The lowest BCUT2D eigenvalue weighted by molar-refractivity contribution is -0.136. The fraction of sp³-hybridized carbons (Fsp3) is 0.326. The SMILES string of the molecule is O=C1CCC(N2C(=O)c3cc4c(cc3C2=O)CN(CC(=O)N2CCN(c3ccc([C@@H]5c6ccc(O)cc6CC[C@@H]5c5ccc(F)cc5)cc3)CC2)C4)C(=O)N1. The lowest BCUT2D eigenvalue weighted by Crippen LogP contribution is -2.54. The van der Waals surface area contributed by atoms with Crippen molar-refractivity contribution in [2.75, 3.05) is 37.6 Å². The van der Waals surface area contributed by atoms with Gasteiger partial charge in [0, 0.05) is 57.3 Å². The second-order valence-corrected chi connectivity index (χ2v) is 15.3. The Morgan fingerprint density at radius 3 is 2.05 bits per heavy atom. The van der Waals surface area contributed by atoms with Gasteiger partial charge in [0.05, 0.1) is 17.7 Å². The Balaban J connectivity index is 0.823. The molecule has 0 aromatic heterocycles. The molecule has 4 aromatic rings. The molecule has 1 aliphatic carbocycles. The van der Waals surface area contributed by atoms with E-state index >= 15 is 0 Å². The molecule has 11 nitrogen and oxygen atoms in total. The Bertz CT molecular complexity index is 2210. The summed E-state index contributed by atoms with van der Waals surface area (Å²) in [7, 11) is 0. The van der Waals surface area contributed by atoms with E-state index in [-0.39, 0.29) is 59.8 Å². The van der Waals surface area contributed by atoms with Crippen LogP contribution < -0.4 is 10.2 Å². The van der Waals surface area contributed by atoms with Gasteiger partial charge in [0.15, 0.2) is 0 Å². The maximum atomic E-state index is 13.8. The molecule has 4 aromatic carbocycles. The minimum absolute atomic E-state index is 0.0281. The quantitative estimate of drug-likeness (QED) is 0.278. The van der Waals surface area contributed by atoms with Crippen LogP contribution in [0.2, 0.25) is 0 Å². The number of nitrogens with one attached hydrogen (secondary N) is 1. The van der Waals surface area contributed by atoms with E-state index in [4.69, 9.17) is 0 Å². The summed E-state index contributed by atoms with van der Waals surface area (Å²) in [6.45, 7) is 3.70. The van der Waals surface area contributed by atoms with Crippen molar-refractivity contribution in [3.8, 4) is 5.75 Å². The average Bonchev–Trinajstić information content (AvgIpc) is 3.69. The number of nitrogens with zero attached hydrogens (tertiary/aromatic N) is 4. The molecule has 1 unspecified atom stereocenters. The molecule has 2 saturated heterocycles. The molecule has 12 heteroatoms. The third-order valence-electron chi connectivity index (χ3n) is 12.0. The third-order valence-corrected chi connectivity index (χ3v) is 12.0. The molecule has 9 rings (SSSR count). The largest absolute Gasteiger partial charge is 0.508 e. The first-order valence-corrected chi connectivity index (χ1v) is 18.9. The van der Waals surface area contributed by atoms with Crippen LogP contribution in [0, 0.1) is 5.82 Å². The zero-order valence-electron chi connectivity index (χ0n) is 30.2. The highest BCUT2D eigenvalue weighted by atomic mass is 19.1. The van der Waals surface area contributed by atoms with E-state index in [1.807, 2.05) is 34.1 Å². The number of piperidine rings is 1. The molecule has 0 radical (unpaired) electrons. The van der Waals surface area contributed by atoms with Gasteiger partial charge in [-0.3, -0.25) is 39.1 Å². The molecule has 5 amide bonds. The van der Waals surface area contributed by atoms with Crippen molar-refractivity contribution < 1.29 is 33.5 Å². The fourth-order valence-electron chi connectivity index (χ4n) is 9.24. The molecule has 0 spiro atoms. The molecule has 5 aliphatic rings. The van der Waals surface area contributed by atoms with E-state index in [1.54, 1.807) is 18.2 Å². The number of carbonyl (C=O) groups is 5. The number of benzene rings is 4. The van der Waals surface area contributed by atoms with Crippen LogP contribution in [0.25, 0.3) is 0 Å². The number of hydrogen-bond donors (Lipinski definition) is 2. The average molecular weight is 742 g/mol. The predicted octanol–water partition coefficient (Wildman–Crippen LogP) is 4.46. The molecule has 0 saturated carbocycles. The minimum Gasteiger partial charge on any atom is -0.508 e. The van der Waals surface area contributed by atoms with Crippen LogP contribution in [0.4, 0.5) is 10.1 Å². The van der Waals surface area contributed by atoms with Gasteiger partial charge in [-0.2, -0.15) is 0 Å². The monoisotopic (exact) mass is 741 g/mol. The molecular formula is C43H40FN5O6. The topological polar surface area (TPSA) is 131 Å². The zero-order valence-corrected chi connectivity index (χ0v) is 30.2. The zero-order chi connectivity index (χ0) is 38.0. The number of carbonyl (C=O) groups excluding carboxylic acids is 5. The molecule has 2 fully saturated rings. The number of halogens is 1. The summed E-state index contributed by atoms with van der Waals surface area (Å²) in [6, 6.07) is 23.5. The third kappa shape index (κ3) is 6.33. The second-order valence-electron chi connectivity index (χ2n) is 15.3. The number of amides is 5. The van der Waals surface area contributed by atoms with Crippen molar-refractivity contribution in [3.05, 3.63) is 129 Å². The second kappa shape index (κ2) is 13.8. The number of imide groups is 2. The number of anilines is 1. The van der Waals surface area contributed by atoms with Gasteiger partial charge in [-0.15, -0.1) is 0 Å². The van der Waals surface area contributed by atoms with Crippen LogP contribution in [0.3, 0.4) is 0 Å². The van der Waals surface area contributed by atoms with Crippen molar-refractivity contribution >= 4 is 35.2 Å². The maximum absolute atomic E-state index is 13.8. The maximum Gasteiger partial charge on any atom is 0.262 e. The lowest BCUT2D eigenvalue weighted by atomic mass is 9.69. The highest BCUT2D eigenvalue weighted by molar-refractivity contribution is 6.23. The van der Waals surface area contributed by atoms with E-state index in [1.165, 1.54) is 17.7 Å². The Kier molecular flexibility index (Phi) is 8.72. The van der Waals surface area contributed by atoms with E-state index in [2.05, 4.69) is 34.5 Å². The summed E-state index contributed by atoms with van der Waals surface area (Å²) in [6.07, 6.45) is 1.90. The van der Waals surface area contributed by atoms with Crippen molar-refractivity contribution in [1.82, 2.24) is 20.0 Å². The summed E-state index contributed by atoms with van der Waals surface area (Å²) in [5.74, 6) is -1.85. The Hall–Kier alpha value is -5.88. The Morgan fingerprint density at radius 2 is 1.40 bits per heavy atom. The summed E-state index contributed by atoms with van der Waals surface area (Å²) >= 11 is 0. The molecule has 3 atom stereocenters. The summed E-state index contributed by atoms with van der Waals surface area (Å²) in [4.78, 5) is 71.3. The fourth-order valence-corrected chi connectivity index (χ4v) is 9.24. The highest BCUT2D eigenvalue weighted by Gasteiger charge is 2.45. The Labute approximate surface area is 317 Å². The van der Waals surface area contributed by atoms with Crippen molar-refractivity contribution in [3.63, 3.8) is 0 Å². The summed E-state index contributed by atoms with van der Waals surface area (Å²) in [5.41, 5.74) is 7.93. The van der Waals surface area contributed by atoms with Crippen LogP contribution >= 0.6 is 0 Å².